The highest BCUT2D eigenvalue weighted by atomic mass is 35.5. The van der Waals surface area contributed by atoms with Crippen LogP contribution in [0.3, 0.4) is 0 Å². The van der Waals surface area contributed by atoms with Crippen molar-refractivity contribution in [3.8, 4) is 0 Å². The van der Waals surface area contributed by atoms with Crippen molar-refractivity contribution >= 4 is 23.4 Å². The van der Waals surface area contributed by atoms with Crippen LogP contribution in [0, 0.1) is 0 Å². The molecule has 5 heteroatoms. The van der Waals surface area contributed by atoms with Crippen LogP contribution in [0.4, 0.5) is 0 Å². The van der Waals surface area contributed by atoms with Gasteiger partial charge in [0, 0.05) is 30.6 Å². The van der Waals surface area contributed by atoms with Crippen LogP contribution in [0.5, 0.6) is 0 Å². The van der Waals surface area contributed by atoms with Gasteiger partial charge < -0.3 is 10.2 Å². The molecule has 0 spiro atoms. The van der Waals surface area contributed by atoms with Gasteiger partial charge in [-0.25, -0.2) is 0 Å². The van der Waals surface area contributed by atoms with E-state index in [1.54, 1.807) is 0 Å². The molecule has 0 aromatic heterocycles. The number of amides is 2. The first-order chi connectivity index (χ1) is 11.1. The molecule has 1 heterocycles. The zero-order valence-corrected chi connectivity index (χ0v) is 14.4. The molecule has 126 valence electrons. The van der Waals surface area contributed by atoms with E-state index >= 15 is 0 Å². The number of unbranched alkanes of at least 4 members (excludes halogenated alkanes) is 1. The molecule has 0 radical (unpaired) electrons. The molecule has 23 heavy (non-hydrogen) atoms. The van der Waals surface area contributed by atoms with Gasteiger partial charge in [-0.2, -0.15) is 0 Å². The van der Waals surface area contributed by atoms with E-state index in [9.17, 15) is 9.59 Å². The molecule has 0 atom stereocenters. The average Bonchev–Trinajstić information content (AvgIpc) is 2.53. The van der Waals surface area contributed by atoms with E-state index < -0.39 is 0 Å². The van der Waals surface area contributed by atoms with Crippen LogP contribution in [-0.2, 0) is 16.0 Å². The summed E-state index contributed by atoms with van der Waals surface area (Å²) >= 11 is 5.95. The third kappa shape index (κ3) is 5.87. The molecule has 2 amide bonds. The van der Waals surface area contributed by atoms with Gasteiger partial charge >= 0.3 is 0 Å². The van der Waals surface area contributed by atoms with Crippen LogP contribution in [0.1, 0.15) is 44.6 Å². The Bertz CT molecular complexity index is 540. The number of piperidine rings is 1. The normalized spacial score (nSPS) is 15.5. The Morgan fingerprint density at radius 2 is 2.04 bits per heavy atom. The highest BCUT2D eigenvalue weighted by Gasteiger charge is 2.23. The van der Waals surface area contributed by atoms with E-state index in [4.69, 9.17) is 11.6 Å². The highest BCUT2D eigenvalue weighted by Crippen LogP contribution is 2.15. The molecule has 0 aliphatic carbocycles. The van der Waals surface area contributed by atoms with Crippen molar-refractivity contribution in [1.29, 1.82) is 0 Å². The van der Waals surface area contributed by atoms with Crippen molar-refractivity contribution in [3.63, 3.8) is 0 Å². The van der Waals surface area contributed by atoms with Gasteiger partial charge in [-0.15, -0.1) is 0 Å². The van der Waals surface area contributed by atoms with Gasteiger partial charge in [0.25, 0.3) is 0 Å². The monoisotopic (exact) mass is 336 g/mol. The minimum Gasteiger partial charge on any atom is -0.353 e. The number of carbonyl (C=O) groups excluding carboxylic acids is 2. The Morgan fingerprint density at radius 3 is 2.70 bits per heavy atom. The van der Waals surface area contributed by atoms with E-state index in [-0.39, 0.29) is 17.9 Å². The first kappa shape index (κ1) is 17.8. The molecule has 0 saturated carbocycles. The SMILES string of the molecule is CCCCC(=O)NC1CCN(C(=O)Cc2cccc(Cl)c2)CC1. The van der Waals surface area contributed by atoms with Crippen LogP contribution in [0.2, 0.25) is 5.02 Å². The van der Waals surface area contributed by atoms with Crippen molar-refractivity contribution in [2.24, 2.45) is 0 Å². The number of hydrogen-bond donors (Lipinski definition) is 1. The maximum absolute atomic E-state index is 12.3. The zero-order valence-electron chi connectivity index (χ0n) is 13.7. The Kier molecular flexibility index (Phi) is 6.90. The summed E-state index contributed by atoms with van der Waals surface area (Å²) in [5.41, 5.74) is 0.942. The first-order valence-electron chi connectivity index (χ1n) is 8.40. The Hall–Kier alpha value is -1.55. The summed E-state index contributed by atoms with van der Waals surface area (Å²) in [4.78, 5) is 26.0. The summed E-state index contributed by atoms with van der Waals surface area (Å²) in [6.45, 7) is 3.49. The topological polar surface area (TPSA) is 49.4 Å². The van der Waals surface area contributed by atoms with Gasteiger partial charge in [-0.05, 0) is 37.0 Å². The molecule has 1 aliphatic heterocycles. The number of nitrogens with zero attached hydrogens (tertiary/aromatic N) is 1. The molecule has 2 rings (SSSR count). The summed E-state index contributed by atoms with van der Waals surface area (Å²) < 4.78 is 0. The van der Waals surface area contributed by atoms with Crippen LogP contribution < -0.4 is 5.32 Å². The van der Waals surface area contributed by atoms with Crippen molar-refractivity contribution in [3.05, 3.63) is 34.9 Å². The predicted molar refractivity (Wildman–Crippen MR) is 92.4 cm³/mol. The van der Waals surface area contributed by atoms with E-state index in [0.29, 0.717) is 31.0 Å². The molecule has 1 aromatic carbocycles. The number of likely N-dealkylation sites (tertiary alicyclic amines) is 1. The highest BCUT2D eigenvalue weighted by molar-refractivity contribution is 6.30. The molecule has 0 bridgehead atoms. The lowest BCUT2D eigenvalue weighted by molar-refractivity contribution is -0.131. The smallest absolute Gasteiger partial charge is 0.226 e. The molecule has 0 unspecified atom stereocenters. The minimum absolute atomic E-state index is 0.128. The second-order valence-electron chi connectivity index (χ2n) is 6.13. The molecular formula is C18H25ClN2O2. The molecule has 1 fully saturated rings. The fourth-order valence-corrected chi connectivity index (χ4v) is 3.06. The van der Waals surface area contributed by atoms with Crippen molar-refractivity contribution in [1.82, 2.24) is 10.2 Å². The molecule has 1 N–H and O–H groups in total. The molecule has 1 aliphatic rings. The Labute approximate surface area is 143 Å². The Balaban J connectivity index is 1.75. The van der Waals surface area contributed by atoms with Gasteiger partial charge in [0.05, 0.1) is 6.42 Å². The third-order valence-electron chi connectivity index (χ3n) is 4.21. The average molecular weight is 337 g/mol. The van der Waals surface area contributed by atoms with Gasteiger partial charge in [0.2, 0.25) is 11.8 Å². The standard InChI is InChI=1S/C18H25ClN2O2/c1-2-3-7-17(22)20-16-8-10-21(11-9-16)18(23)13-14-5-4-6-15(19)12-14/h4-6,12,16H,2-3,7-11,13H2,1H3,(H,20,22). The van der Waals surface area contributed by atoms with E-state index in [1.807, 2.05) is 29.2 Å². The second-order valence-corrected chi connectivity index (χ2v) is 6.57. The van der Waals surface area contributed by atoms with Gasteiger partial charge in [0.15, 0.2) is 0 Å². The van der Waals surface area contributed by atoms with Crippen LogP contribution in [-0.4, -0.2) is 35.8 Å². The maximum Gasteiger partial charge on any atom is 0.226 e. The van der Waals surface area contributed by atoms with Crippen LogP contribution >= 0.6 is 11.6 Å². The number of benzene rings is 1. The fourth-order valence-electron chi connectivity index (χ4n) is 2.84. The Morgan fingerprint density at radius 1 is 1.30 bits per heavy atom. The van der Waals surface area contributed by atoms with Gasteiger partial charge in [-0.1, -0.05) is 37.1 Å². The molecule has 1 aromatic rings. The van der Waals surface area contributed by atoms with E-state index in [1.165, 1.54) is 0 Å². The lowest BCUT2D eigenvalue weighted by Gasteiger charge is -2.32. The number of carbonyl (C=O) groups is 2. The number of hydrogen-bond acceptors (Lipinski definition) is 2. The predicted octanol–water partition coefficient (Wildman–Crippen LogP) is 3.18. The first-order valence-corrected chi connectivity index (χ1v) is 8.78. The van der Waals surface area contributed by atoms with Crippen molar-refractivity contribution in [2.75, 3.05) is 13.1 Å². The lowest BCUT2D eigenvalue weighted by atomic mass is 10.0. The van der Waals surface area contributed by atoms with Crippen LogP contribution in [0.15, 0.2) is 24.3 Å². The van der Waals surface area contributed by atoms with Crippen LogP contribution in [0.25, 0.3) is 0 Å². The second kappa shape index (κ2) is 8.92. The largest absolute Gasteiger partial charge is 0.353 e. The number of rotatable bonds is 6. The summed E-state index contributed by atoms with van der Waals surface area (Å²) in [7, 11) is 0. The summed E-state index contributed by atoms with van der Waals surface area (Å²) in [6.07, 6.45) is 4.61. The molecule has 1 saturated heterocycles. The summed E-state index contributed by atoms with van der Waals surface area (Å²) in [5.74, 6) is 0.263. The van der Waals surface area contributed by atoms with Gasteiger partial charge in [0.1, 0.15) is 0 Å². The van der Waals surface area contributed by atoms with Gasteiger partial charge in [-0.3, -0.25) is 9.59 Å². The number of halogens is 1. The minimum atomic E-state index is 0.128. The summed E-state index contributed by atoms with van der Waals surface area (Å²) in [6, 6.07) is 7.63. The quantitative estimate of drug-likeness (QED) is 0.867. The molecular weight excluding hydrogens is 312 g/mol. The third-order valence-corrected chi connectivity index (χ3v) is 4.45. The van der Waals surface area contributed by atoms with Crippen molar-refractivity contribution < 1.29 is 9.59 Å². The fraction of sp³-hybridized carbons (Fsp3) is 0.556. The lowest BCUT2D eigenvalue weighted by Crippen LogP contribution is -2.46. The molecule has 4 nitrogen and oxygen atoms in total. The zero-order chi connectivity index (χ0) is 16.7. The summed E-state index contributed by atoms with van der Waals surface area (Å²) in [5, 5.41) is 3.73. The number of nitrogens with one attached hydrogen (secondary N) is 1. The maximum atomic E-state index is 12.3. The van der Waals surface area contributed by atoms with Crippen molar-refractivity contribution in [2.45, 2.75) is 51.5 Å². The van der Waals surface area contributed by atoms with E-state index in [2.05, 4.69) is 12.2 Å². The van der Waals surface area contributed by atoms with E-state index in [0.717, 1.165) is 31.2 Å².